The number of nitrogens with one attached hydrogen (secondary N) is 1. The topological polar surface area (TPSA) is 187 Å². The van der Waals surface area contributed by atoms with Gasteiger partial charge in [-0.25, -0.2) is 14.4 Å². The van der Waals surface area contributed by atoms with Crippen molar-refractivity contribution in [1.29, 1.82) is 0 Å². The van der Waals surface area contributed by atoms with Gasteiger partial charge in [0.15, 0.2) is 51.3 Å². The molecule has 7 aromatic carbocycles. The molecule has 0 radical (unpaired) electrons. The van der Waals surface area contributed by atoms with Gasteiger partial charge in [0.2, 0.25) is 11.8 Å². The third-order valence-electron chi connectivity index (χ3n) is 22.2. The van der Waals surface area contributed by atoms with E-state index in [2.05, 4.69) is 85.4 Å². The summed E-state index contributed by atoms with van der Waals surface area (Å²) in [6, 6.07) is 52.6. The molecule has 4 unspecified atom stereocenters. The number of aryl methyl sites for hydroxylation is 1. The van der Waals surface area contributed by atoms with Crippen LogP contribution in [-0.4, -0.2) is 169 Å². The van der Waals surface area contributed by atoms with Crippen LogP contribution in [-0.2, 0) is 44.7 Å². The van der Waals surface area contributed by atoms with Crippen molar-refractivity contribution in [3.63, 3.8) is 0 Å². The van der Waals surface area contributed by atoms with Gasteiger partial charge in [0.05, 0.1) is 51.3 Å². The summed E-state index contributed by atoms with van der Waals surface area (Å²) in [6.07, 6.45) is 11.1. The lowest BCUT2D eigenvalue weighted by Crippen LogP contribution is -2.43. The van der Waals surface area contributed by atoms with Crippen LogP contribution in [0.15, 0.2) is 182 Å². The smallest absolute Gasteiger partial charge is 0.417 e. The Bertz CT molecular complexity index is 4740. The number of hydrogen-bond donors (Lipinski definition) is 1. The van der Waals surface area contributed by atoms with Crippen LogP contribution in [0.25, 0.3) is 16.3 Å². The number of methoxy groups -OCH3 is 5. The van der Waals surface area contributed by atoms with Crippen molar-refractivity contribution in [1.82, 2.24) is 24.7 Å². The van der Waals surface area contributed by atoms with E-state index in [1.165, 1.54) is 60.6 Å². The summed E-state index contributed by atoms with van der Waals surface area (Å²) in [5.74, 6) is 6.33. The van der Waals surface area contributed by atoms with E-state index in [0.29, 0.717) is 78.9 Å². The van der Waals surface area contributed by atoms with E-state index in [1.54, 1.807) is 56.9 Å². The molecule has 118 heavy (non-hydrogen) atoms. The number of likely N-dealkylation sites (tertiary alicyclic amines) is 2. The second-order valence-electron chi connectivity index (χ2n) is 30.9. The second kappa shape index (κ2) is 44.3. The number of rotatable bonds is 30. The first kappa shape index (κ1) is 88.3. The van der Waals surface area contributed by atoms with Gasteiger partial charge in [0.1, 0.15) is 30.5 Å². The van der Waals surface area contributed by atoms with Gasteiger partial charge in [0, 0.05) is 115 Å². The summed E-state index contributed by atoms with van der Waals surface area (Å²) in [7, 11) is 7.98. The molecular formula is C94H112F4N8O11S. The highest BCUT2D eigenvalue weighted by atomic mass is 32.1. The van der Waals surface area contributed by atoms with Crippen molar-refractivity contribution >= 4 is 67.6 Å². The number of anilines is 3. The lowest BCUT2D eigenvalue weighted by atomic mass is 9.93. The number of hydrogen-bond acceptors (Lipinski definition) is 18. The number of amides is 2. The van der Waals surface area contributed by atoms with Crippen LogP contribution in [0.2, 0.25) is 0 Å². The highest BCUT2D eigenvalue weighted by molar-refractivity contribution is 7.22. The molecule has 4 aliphatic heterocycles. The number of benzene rings is 7. The summed E-state index contributed by atoms with van der Waals surface area (Å²) in [4.78, 5) is 70.5. The van der Waals surface area contributed by atoms with E-state index in [-0.39, 0.29) is 54.1 Å². The molecule has 0 spiro atoms. The predicted octanol–water partition coefficient (Wildman–Crippen LogP) is 18.1. The number of para-hydroxylation sites is 6. The molecular weight excluding hydrogens is 1530 g/mol. The van der Waals surface area contributed by atoms with E-state index in [1.807, 2.05) is 96.8 Å². The number of carbonyl (C=O) groups is 4. The zero-order chi connectivity index (χ0) is 83.3. The molecule has 4 saturated heterocycles. The molecule has 5 aliphatic rings. The van der Waals surface area contributed by atoms with Gasteiger partial charge >= 0.3 is 6.18 Å². The summed E-state index contributed by atoms with van der Waals surface area (Å²) in [5, 5.41) is 4.04. The molecule has 2 aromatic heterocycles. The number of pyridine rings is 1. The van der Waals surface area contributed by atoms with Gasteiger partial charge < -0.3 is 58.1 Å². The van der Waals surface area contributed by atoms with E-state index >= 15 is 0 Å². The Morgan fingerprint density at radius 3 is 1.83 bits per heavy atom. The highest BCUT2D eigenvalue weighted by Crippen LogP contribution is 2.37. The van der Waals surface area contributed by atoms with Gasteiger partial charge in [-0.15, -0.1) is 0 Å². The maximum atomic E-state index is 13.6. The Hall–Kier alpha value is -10.6. The van der Waals surface area contributed by atoms with Crippen LogP contribution in [0.4, 0.5) is 34.2 Å². The lowest BCUT2D eigenvalue weighted by molar-refractivity contribution is -0.138. The predicted molar refractivity (Wildman–Crippen MR) is 458 cm³/mol. The van der Waals surface area contributed by atoms with Crippen LogP contribution in [0.1, 0.15) is 117 Å². The first-order chi connectivity index (χ1) is 57.2. The van der Waals surface area contributed by atoms with Gasteiger partial charge in [-0.3, -0.25) is 24.1 Å². The van der Waals surface area contributed by atoms with Gasteiger partial charge in [-0.2, -0.15) is 13.2 Å². The monoisotopic (exact) mass is 1640 g/mol. The van der Waals surface area contributed by atoms with Gasteiger partial charge in [-0.05, 0) is 228 Å². The fraction of sp³-hybridized carbons (Fsp3) is 0.426. The minimum absolute atomic E-state index is 0.0249. The minimum Gasteiger partial charge on any atom is -0.497 e. The third-order valence-corrected chi connectivity index (χ3v) is 23.3. The zero-order valence-corrected chi connectivity index (χ0v) is 69.8. The van der Waals surface area contributed by atoms with E-state index < -0.39 is 11.7 Å². The normalized spacial score (nSPS) is 17.3. The minimum atomic E-state index is -4.40. The van der Waals surface area contributed by atoms with Crippen molar-refractivity contribution in [2.75, 3.05) is 136 Å². The number of carbonyl (C=O) groups excluding carboxylic acids is 4. The average Bonchev–Trinajstić information content (AvgIpc) is 1.67. The van der Waals surface area contributed by atoms with Crippen LogP contribution >= 0.6 is 11.3 Å². The van der Waals surface area contributed by atoms with Crippen molar-refractivity contribution in [2.45, 2.75) is 116 Å². The Kier molecular flexibility index (Phi) is 33.1. The average molecular weight is 1640 g/mol. The molecule has 1 aliphatic carbocycles. The van der Waals surface area contributed by atoms with E-state index in [9.17, 15) is 36.7 Å². The number of nitrogens with zero attached hydrogens (tertiary/aromatic N) is 7. The Morgan fingerprint density at radius 2 is 1.19 bits per heavy atom. The molecule has 1 N–H and O–H groups in total. The number of ether oxygens (including phenoxy) is 7. The third kappa shape index (κ3) is 26.2. The molecule has 6 heterocycles. The number of piperidine rings is 4. The van der Waals surface area contributed by atoms with Crippen molar-refractivity contribution in [3.05, 3.63) is 221 Å². The van der Waals surface area contributed by atoms with Crippen LogP contribution in [0, 0.1) is 36.4 Å². The molecule has 19 nitrogen and oxygen atoms in total. The summed E-state index contributed by atoms with van der Waals surface area (Å²) < 4.78 is 90.5. The van der Waals surface area contributed by atoms with Crippen LogP contribution < -0.4 is 48.3 Å². The first-order valence-electron chi connectivity index (χ1n) is 41.1. The van der Waals surface area contributed by atoms with Crippen molar-refractivity contribution in [2.24, 2.45) is 23.7 Å². The maximum absolute atomic E-state index is 13.6. The summed E-state index contributed by atoms with van der Waals surface area (Å²) >= 11 is 1.73. The molecule has 628 valence electrons. The van der Waals surface area contributed by atoms with Crippen LogP contribution in [0.3, 0.4) is 0 Å². The van der Waals surface area contributed by atoms with Crippen LogP contribution in [0.5, 0.6) is 40.2 Å². The molecule has 2 amide bonds. The summed E-state index contributed by atoms with van der Waals surface area (Å²) in [6.45, 7) is 14.9. The molecule has 4 fully saturated rings. The largest absolute Gasteiger partial charge is 0.497 e. The fourth-order valence-corrected chi connectivity index (χ4v) is 17.2. The molecule has 14 rings (SSSR count). The van der Waals surface area contributed by atoms with Crippen molar-refractivity contribution < 1.29 is 69.9 Å². The Morgan fingerprint density at radius 1 is 0.593 bits per heavy atom. The number of likely N-dealkylation sites (N-methyl/N-ethyl adjacent to an activating group) is 1. The molecule has 4 atom stereocenters. The molecule has 0 saturated carbocycles. The van der Waals surface area contributed by atoms with Gasteiger partial charge in [-0.1, -0.05) is 96.3 Å². The van der Waals surface area contributed by atoms with Gasteiger partial charge in [0.25, 0.3) is 0 Å². The zero-order valence-electron chi connectivity index (χ0n) is 69.0. The standard InChI is InChI=1S/C27H34N2O2.C24H31FN2O3.C22H24N2O3S.C21H23F3N2O3/c1-3-29(27(30)25-17-23-11-4-5-12-24(23)18-25)20-21-9-8-15-28(19-21)16-14-22-10-6-7-13-26(22)31-2;1-17-11-20(14-21(12-17)29-2)26-24(28)9-7-18-5-4-10-27(15-18)16-19-6-8-22(25)23(13-19)30-3;1-26-19-9-3-4-10-20(19)27-15-17(25)13-16-7-6-12-24(14-16)22-23-18-8-2-5-11-21(18)28-22;1-28-18-6-2-3-7-19(18)29-14-17(27)11-15-5-4-10-26(13-15)20-9-8-16(12-25-20)21(22,23)24/h4-7,10-13,17,21H,3,8-9,14-16,18-20H2,1-2H3;6,8,11-14,18H,4-5,7,9-10,15-16H2,1-3H3,(H,26,28);2-5,8-11,16H,6-7,12-15H2,1H3;2-3,6-9,12,15H,4-5,10-11,13-14H2,1H3. The number of halogens is 4. The number of Topliss-reactive ketones (excluding diaryl/α,β-unsaturated/α-hetero) is 2. The molecule has 9 aromatic rings. The highest BCUT2D eigenvalue weighted by Gasteiger charge is 2.33. The van der Waals surface area contributed by atoms with E-state index in [0.717, 1.165) is 180 Å². The number of aromatic nitrogens is 2. The molecule has 24 heteroatoms. The first-order valence-corrected chi connectivity index (χ1v) is 41.9. The number of fused-ring (bicyclic) bond motifs is 2. The molecule has 0 bridgehead atoms. The summed E-state index contributed by atoms with van der Waals surface area (Å²) in [5.41, 5.74) is 7.81. The van der Waals surface area contributed by atoms with E-state index in [4.69, 9.17) is 38.1 Å². The fourth-order valence-electron chi connectivity index (χ4n) is 16.2. The van der Waals surface area contributed by atoms with Crippen molar-refractivity contribution in [3.8, 4) is 40.2 Å². The Labute approximate surface area is 695 Å². The quantitative estimate of drug-likeness (QED) is 0.0418. The number of alkyl halides is 3. The second-order valence-corrected chi connectivity index (χ2v) is 31.9. The SMILES string of the molecule is CCN(CC1CCCN(CCc2ccccc2OC)C1)C(=O)C1=Cc2ccccc2C1.COc1cc(C)cc(NC(=O)CCC2CCCN(Cc3ccc(F)c(OC)c3)C2)c1.COc1ccccc1OCC(=O)CC1CCCN(c2ccc(C(F)(F)F)cn2)C1.COc1ccccc1OCC(=O)CC1CCCN(c2nc3ccccc3s2)C1. The number of thiazole rings is 1. The Balaban J connectivity index is 0.000000154. The lowest BCUT2D eigenvalue weighted by Gasteiger charge is -2.35. The number of ketones is 2. The maximum Gasteiger partial charge on any atom is 0.417 e.